The number of hydrazone groups is 1. The largest absolute Gasteiger partial charge is 0.378 e. The smallest absolute Gasteiger partial charge is 0.0694 e. The number of hydrogen-bond donors (Lipinski definition) is 0. The lowest BCUT2D eigenvalue weighted by atomic mass is 10.0. The average molecular weight is 183 g/mol. The van der Waals surface area contributed by atoms with Crippen LogP contribution in [0, 0.1) is 0 Å². The Hall–Kier alpha value is -0.610. The Balaban J connectivity index is 1.98. The molecule has 0 aromatic heterocycles. The second-order valence-corrected chi connectivity index (χ2v) is 3.80. The van der Waals surface area contributed by atoms with Gasteiger partial charge >= 0.3 is 0 Å². The van der Waals surface area contributed by atoms with Gasteiger partial charge in [-0.3, -0.25) is 9.91 Å². The predicted octanol–water partition coefficient (Wildman–Crippen LogP) is 0.00690. The molecule has 2 unspecified atom stereocenters. The van der Waals surface area contributed by atoms with E-state index in [0.717, 1.165) is 26.2 Å². The topological polar surface area (TPSA) is 28.1 Å². The zero-order valence-electron chi connectivity index (χ0n) is 8.31. The van der Waals surface area contributed by atoms with Gasteiger partial charge in [-0.25, -0.2) is 0 Å². The van der Waals surface area contributed by atoms with Gasteiger partial charge in [-0.1, -0.05) is 0 Å². The van der Waals surface area contributed by atoms with Crippen LogP contribution in [0.15, 0.2) is 5.10 Å². The van der Waals surface area contributed by atoms with Crippen molar-refractivity contribution in [2.24, 2.45) is 5.10 Å². The molecule has 2 rings (SSSR count). The second-order valence-electron chi connectivity index (χ2n) is 3.80. The molecule has 0 aromatic carbocycles. The summed E-state index contributed by atoms with van der Waals surface area (Å²) in [5.41, 5.74) is 0. The number of morpholine rings is 1. The molecule has 2 aliphatic rings. The summed E-state index contributed by atoms with van der Waals surface area (Å²) in [5, 5.41) is 6.30. The van der Waals surface area contributed by atoms with E-state index in [2.05, 4.69) is 22.1 Å². The van der Waals surface area contributed by atoms with Crippen molar-refractivity contribution in [3.05, 3.63) is 0 Å². The Bertz CT molecular complexity index is 207. The van der Waals surface area contributed by atoms with Gasteiger partial charge in [0.05, 0.1) is 25.3 Å². The van der Waals surface area contributed by atoms with Crippen molar-refractivity contribution in [3.63, 3.8) is 0 Å². The van der Waals surface area contributed by atoms with Gasteiger partial charge in [-0.05, 0) is 7.05 Å². The number of rotatable bonds is 1. The first-order valence-corrected chi connectivity index (χ1v) is 4.82. The highest BCUT2D eigenvalue weighted by Crippen LogP contribution is 2.18. The third-order valence-corrected chi connectivity index (χ3v) is 2.98. The molecule has 74 valence electrons. The van der Waals surface area contributed by atoms with Crippen molar-refractivity contribution in [1.29, 1.82) is 0 Å². The number of hydrogen-bond acceptors (Lipinski definition) is 4. The highest BCUT2D eigenvalue weighted by atomic mass is 16.5. The van der Waals surface area contributed by atoms with E-state index in [1.165, 1.54) is 0 Å². The fourth-order valence-corrected chi connectivity index (χ4v) is 2.04. The summed E-state index contributed by atoms with van der Waals surface area (Å²) >= 11 is 0. The molecule has 0 amide bonds. The van der Waals surface area contributed by atoms with Crippen LogP contribution in [0.25, 0.3) is 0 Å². The Labute approximate surface area is 79.1 Å². The van der Waals surface area contributed by atoms with Gasteiger partial charge in [-0.15, -0.1) is 0 Å². The van der Waals surface area contributed by atoms with Crippen molar-refractivity contribution >= 4 is 6.21 Å². The molecule has 4 heteroatoms. The van der Waals surface area contributed by atoms with Crippen LogP contribution in [0.2, 0.25) is 0 Å². The average Bonchev–Trinajstić information content (AvgIpc) is 2.52. The van der Waals surface area contributed by atoms with E-state index in [0.29, 0.717) is 12.1 Å². The van der Waals surface area contributed by atoms with Gasteiger partial charge in [0.1, 0.15) is 0 Å². The zero-order chi connectivity index (χ0) is 9.26. The standard InChI is InChI=1S/C9H17N3O/c1-11-5-6-13-7-9(11)8-3-4-10-12(8)2/h4,8-9H,3,5-7H2,1-2H3. The van der Waals surface area contributed by atoms with Gasteiger partial charge in [0.2, 0.25) is 0 Å². The Morgan fingerprint density at radius 2 is 2.23 bits per heavy atom. The fourth-order valence-electron chi connectivity index (χ4n) is 2.04. The molecule has 0 aliphatic carbocycles. The first kappa shape index (κ1) is 8.97. The van der Waals surface area contributed by atoms with Crippen molar-refractivity contribution in [1.82, 2.24) is 9.91 Å². The molecule has 2 heterocycles. The van der Waals surface area contributed by atoms with Crippen LogP contribution in [-0.4, -0.2) is 62.1 Å². The summed E-state index contributed by atoms with van der Waals surface area (Å²) in [6.07, 6.45) is 3.04. The van der Waals surface area contributed by atoms with Crippen LogP contribution < -0.4 is 0 Å². The Kier molecular flexibility index (Phi) is 2.51. The van der Waals surface area contributed by atoms with Crippen LogP contribution in [0.5, 0.6) is 0 Å². The van der Waals surface area contributed by atoms with E-state index in [1.54, 1.807) is 0 Å². The predicted molar refractivity (Wildman–Crippen MR) is 51.9 cm³/mol. The molecule has 1 saturated heterocycles. The minimum Gasteiger partial charge on any atom is -0.378 e. The summed E-state index contributed by atoms with van der Waals surface area (Å²) in [4.78, 5) is 2.37. The summed E-state index contributed by atoms with van der Waals surface area (Å²) < 4.78 is 5.49. The number of nitrogens with zero attached hydrogens (tertiary/aromatic N) is 3. The molecule has 0 saturated carbocycles. The summed E-state index contributed by atoms with van der Waals surface area (Å²) in [6, 6.07) is 1.01. The highest BCUT2D eigenvalue weighted by molar-refractivity contribution is 5.60. The minimum absolute atomic E-state index is 0.501. The van der Waals surface area contributed by atoms with Crippen molar-refractivity contribution in [2.45, 2.75) is 18.5 Å². The third kappa shape index (κ3) is 1.69. The normalized spacial score (nSPS) is 35.7. The quantitative estimate of drug-likeness (QED) is 0.573. The lowest BCUT2D eigenvalue weighted by molar-refractivity contribution is -0.0230. The van der Waals surface area contributed by atoms with Gasteiger partial charge in [0.25, 0.3) is 0 Å². The van der Waals surface area contributed by atoms with E-state index in [4.69, 9.17) is 4.74 Å². The van der Waals surface area contributed by atoms with E-state index in [-0.39, 0.29) is 0 Å². The van der Waals surface area contributed by atoms with E-state index >= 15 is 0 Å². The van der Waals surface area contributed by atoms with E-state index in [9.17, 15) is 0 Å². The molecule has 0 radical (unpaired) electrons. The minimum atomic E-state index is 0.501. The molecule has 0 aromatic rings. The molecule has 0 N–H and O–H groups in total. The van der Waals surface area contributed by atoms with Crippen LogP contribution in [0.1, 0.15) is 6.42 Å². The Morgan fingerprint density at radius 1 is 1.38 bits per heavy atom. The lowest BCUT2D eigenvalue weighted by Crippen LogP contribution is -2.52. The molecular weight excluding hydrogens is 166 g/mol. The molecule has 2 aliphatic heterocycles. The zero-order valence-corrected chi connectivity index (χ0v) is 8.31. The molecular formula is C9H17N3O. The molecule has 0 spiro atoms. The van der Waals surface area contributed by atoms with Gasteiger partial charge < -0.3 is 4.74 Å². The van der Waals surface area contributed by atoms with Gasteiger partial charge in [0.15, 0.2) is 0 Å². The highest BCUT2D eigenvalue weighted by Gasteiger charge is 2.32. The molecule has 0 bridgehead atoms. The first-order valence-electron chi connectivity index (χ1n) is 4.82. The maximum atomic E-state index is 5.49. The van der Waals surface area contributed by atoms with Crippen LogP contribution in [0.3, 0.4) is 0 Å². The summed E-state index contributed by atoms with van der Waals surface area (Å²) in [5.74, 6) is 0. The third-order valence-electron chi connectivity index (χ3n) is 2.98. The number of ether oxygens (including phenoxy) is 1. The first-order chi connectivity index (χ1) is 6.29. The molecule has 4 nitrogen and oxygen atoms in total. The second kappa shape index (κ2) is 3.64. The number of likely N-dealkylation sites (N-methyl/N-ethyl adjacent to an activating group) is 2. The molecule has 13 heavy (non-hydrogen) atoms. The van der Waals surface area contributed by atoms with Gasteiger partial charge in [-0.2, -0.15) is 5.10 Å². The van der Waals surface area contributed by atoms with E-state index < -0.39 is 0 Å². The lowest BCUT2D eigenvalue weighted by Gasteiger charge is -2.38. The van der Waals surface area contributed by atoms with Crippen LogP contribution in [-0.2, 0) is 4.74 Å². The van der Waals surface area contributed by atoms with E-state index in [1.807, 2.05) is 13.3 Å². The summed E-state index contributed by atoms with van der Waals surface area (Å²) in [7, 11) is 4.20. The van der Waals surface area contributed by atoms with Crippen molar-refractivity contribution in [3.8, 4) is 0 Å². The van der Waals surface area contributed by atoms with Crippen molar-refractivity contribution in [2.75, 3.05) is 33.9 Å². The maximum Gasteiger partial charge on any atom is 0.0694 e. The van der Waals surface area contributed by atoms with Crippen molar-refractivity contribution < 1.29 is 4.74 Å². The maximum absolute atomic E-state index is 5.49. The fraction of sp³-hybridized carbons (Fsp3) is 0.889. The summed E-state index contributed by atoms with van der Waals surface area (Å²) in [6.45, 7) is 2.74. The van der Waals surface area contributed by atoms with Crippen LogP contribution >= 0.6 is 0 Å². The van der Waals surface area contributed by atoms with Gasteiger partial charge in [0, 0.05) is 26.2 Å². The molecule has 2 atom stereocenters. The SMILES string of the molecule is CN1CCOCC1C1CC=NN1C. The van der Waals surface area contributed by atoms with Crippen LogP contribution in [0.4, 0.5) is 0 Å². The monoisotopic (exact) mass is 183 g/mol. The Morgan fingerprint density at radius 3 is 2.85 bits per heavy atom. The molecule has 1 fully saturated rings.